The van der Waals surface area contributed by atoms with Crippen molar-refractivity contribution in [3.63, 3.8) is 0 Å². The summed E-state index contributed by atoms with van der Waals surface area (Å²) in [7, 11) is 3.28. The highest BCUT2D eigenvalue weighted by atomic mass is 79.9. The van der Waals surface area contributed by atoms with E-state index in [1.165, 1.54) is 0 Å². The molecule has 1 N–H and O–H groups in total. The Morgan fingerprint density at radius 2 is 2.15 bits per heavy atom. The topological polar surface area (TPSA) is 30.5 Å². The van der Waals surface area contributed by atoms with Crippen LogP contribution in [0.25, 0.3) is 0 Å². The number of anilines is 1. The minimum Gasteiger partial charge on any atom is -0.495 e. The third-order valence-corrected chi connectivity index (χ3v) is 2.06. The molecule has 0 atom stereocenters. The quantitative estimate of drug-likeness (QED) is 0.828. The highest BCUT2D eigenvalue weighted by Gasteiger charge is 2.01. The minimum atomic E-state index is 0.465. The lowest BCUT2D eigenvalue weighted by Crippen LogP contribution is -2.04. The van der Waals surface area contributed by atoms with Gasteiger partial charge in [0.2, 0.25) is 0 Å². The first-order valence-electron chi connectivity index (χ1n) is 3.84. The summed E-state index contributed by atoms with van der Waals surface area (Å²) in [6.07, 6.45) is 0. The van der Waals surface area contributed by atoms with Gasteiger partial charge < -0.3 is 14.8 Å². The molecule has 0 aliphatic heterocycles. The molecule has 1 aromatic rings. The lowest BCUT2D eigenvalue weighted by atomic mass is 10.3. The van der Waals surface area contributed by atoms with Gasteiger partial charge >= 0.3 is 0 Å². The van der Waals surface area contributed by atoms with Crippen LogP contribution in [0.3, 0.4) is 0 Å². The third kappa shape index (κ3) is 2.90. The maximum atomic E-state index is 5.16. The highest BCUT2D eigenvalue weighted by molar-refractivity contribution is 9.10. The van der Waals surface area contributed by atoms with Crippen molar-refractivity contribution < 1.29 is 9.47 Å². The number of ether oxygens (including phenoxy) is 2. The van der Waals surface area contributed by atoms with Crippen molar-refractivity contribution >= 4 is 21.6 Å². The predicted molar refractivity (Wildman–Crippen MR) is 56.2 cm³/mol. The molecule has 0 spiro atoms. The highest BCUT2D eigenvalue weighted by Crippen LogP contribution is 2.27. The van der Waals surface area contributed by atoms with E-state index in [2.05, 4.69) is 21.2 Å². The lowest BCUT2D eigenvalue weighted by molar-refractivity contribution is 0.221. The standard InChI is InChI=1S/C9H12BrNO2/c1-12-6-11-8-5-7(10)3-4-9(8)13-2/h3-5,11H,6H2,1-2H3. The van der Waals surface area contributed by atoms with Gasteiger partial charge in [-0.05, 0) is 18.2 Å². The molecular formula is C9H12BrNO2. The molecule has 4 heteroatoms. The maximum Gasteiger partial charge on any atom is 0.142 e. The molecule has 0 radical (unpaired) electrons. The van der Waals surface area contributed by atoms with E-state index in [4.69, 9.17) is 9.47 Å². The molecule has 0 aliphatic carbocycles. The van der Waals surface area contributed by atoms with Gasteiger partial charge in [0.25, 0.3) is 0 Å². The summed E-state index contributed by atoms with van der Waals surface area (Å²) in [4.78, 5) is 0. The summed E-state index contributed by atoms with van der Waals surface area (Å²) < 4.78 is 11.1. The summed E-state index contributed by atoms with van der Waals surface area (Å²) in [5.74, 6) is 0.806. The largest absolute Gasteiger partial charge is 0.495 e. The molecule has 0 fully saturated rings. The van der Waals surface area contributed by atoms with E-state index < -0.39 is 0 Å². The Kier molecular flexibility index (Phi) is 4.05. The van der Waals surface area contributed by atoms with E-state index in [-0.39, 0.29) is 0 Å². The zero-order valence-corrected chi connectivity index (χ0v) is 9.22. The van der Waals surface area contributed by atoms with E-state index in [0.717, 1.165) is 15.9 Å². The summed E-state index contributed by atoms with van der Waals surface area (Å²) in [6.45, 7) is 0.465. The van der Waals surface area contributed by atoms with Crippen LogP contribution in [0.15, 0.2) is 22.7 Å². The number of benzene rings is 1. The van der Waals surface area contributed by atoms with Gasteiger partial charge in [-0.15, -0.1) is 0 Å². The van der Waals surface area contributed by atoms with Crippen molar-refractivity contribution in [2.45, 2.75) is 0 Å². The summed E-state index contributed by atoms with van der Waals surface area (Å²) in [6, 6.07) is 5.76. The molecule has 0 aliphatic rings. The van der Waals surface area contributed by atoms with Crippen LogP contribution in [0.4, 0.5) is 5.69 Å². The Bertz CT molecular complexity index is 278. The van der Waals surface area contributed by atoms with E-state index in [1.807, 2.05) is 18.2 Å². The summed E-state index contributed by atoms with van der Waals surface area (Å²) in [5, 5.41) is 3.08. The average molecular weight is 246 g/mol. The van der Waals surface area contributed by atoms with Gasteiger partial charge in [0.1, 0.15) is 12.5 Å². The number of methoxy groups -OCH3 is 2. The fourth-order valence-electron chi connectivity index (χ4n) is 0.968. The smallest absolute Gasteiger partial charge is 0.142 e. The molecular weight excluding hydrogens is 234 g/mol. The van der Waals surface area contributed by atoms with Crippen LogP contribution in [-0.2, 0) is 4.74 Å². The van der Waals surface area contributed by atoms with Crippen molar-refractivity contribution in [2.24, 2.45) is 0 Å². The van der Waals surface area contributed by atoms with E-state index in [0.29, 0.717) is 6.73 Å². The molecule has 1 aromatic carbocycles. The average Bonchev–Trinajstić information content (AvgIpc) is 2.15. The molecule has 1 rings (SSSR count). The Balaban J connectivity index is 2.81. The van der Waals surface area contributed by atoms with Crippen LogP contribution in [0, 0.1) is 0 Å². The molecule has 0 saturated carbocycles. The molecule has 0 saturated heterocycles. The van der Waals surface area contributed by atoms with Crippen LogP contribution in [0.2, 0.25) is 0 Å². The zero-order valence-electron chi connectivity index (χ0n) is 7.63. The van der Waals surface area contributed by atoms with Gasteiger partial charge in [0.15, 0.2) is 0 Å². The van der Waals surface area contributed by atoms with Crippen molar-refractivity contribution in [1.82, 2.24) is 0 Å². The van der Waals surface area contributed by atoms with E-state index in [1.54, 1.807) is 14.2 Å². The molecule has 0 bridgehead atoms. The third-order valence-electron chi connectivity index (χ3n) is 1.57. The van der Waals surface area contributed by atoms with Crippen molar-refractivity contribution in [3.8, 4) is 5.75 Å². The van der Waals surface area contributed by atoms with Crippen molar-refractivity contribution in [2.75, 3.05) is 26.3 Å². The second kappa shape index (κ2) is 5.09. The zero-order chi connectivity index (χ0) is 9.68. The first-order valence-corrected chi connectivity index (χ1v) is 4.63. The van der Waals surface area contributed by atoms with Gasteiger partial charge in [-0.25, -0.2) is 0 Å². The van der Waals surface area contributed by atoms with Crippen LogP contribution >= 0.6 is 15.9 Å². The number of halogens is 1. The first kappa shape index (κ1) is 10.3. The Hall–Kier alpha value is -0.740. The van der Waals surface area contributed by atoms with E-state index >= 15 is 0 Å². The number of nitrogens with one attached hydrogen (secondary N) is 1. The molecule has 0 amide bonds. The van der Waals surface area contributed by atoms with Gasteiger partial charge in [0.05, 0.1) is 12.8 Å². The molecule has 13 heavy (non-hydrogen) atoms. The molecule has 72 valence electrons. The van der Waals surface area contributed by atoms with Crippen molar-refractivity contribution in [3.05, 3.63) is 22.7 Å². The predicted octanol–water partition coefficient (Wildman–Crippen LogP) is 2.47. The van der Waals surface area contributed by atoms with Gasteiger partial charge in [-0.3, -0.25) is 0 Å². The number of hydrogen-bond donors (Lipinski definition) is 1. The summed E-state index contributed by atoms with van der Waals surface area (Å²) >= 11 is 3.38. The Morgan fingerprint density at radius 1 is 1.38 bits per heavy atom. The lowest BCUT2D eigenvalue weighted by Gasteiger charge is -2.10. The van der Waals surface area contributed by atoms with Gasteiger partial charge in [-0.1, -0.05) is 15.9 Å². The SMILES string of the molecule is COCNc1cc(Br)ccc1OC. The first-order chi connectivity index (χ1) is 6.27. The fourth-order valence-corrected chi connectivity index (χ4v) is 1.33. The van der Waals surface area contributed by atoms with Crippen LogP contribution in [0.1, 0.15) is 0 Å². The molecule has 0 unspecified atom stereocenters. The van der Waals surface area contributed by atoms with Gasteiger partial charge in [0, 0.05) is 11.6 Å². The number of hydrogen-bond acceptors (Lipinski definition) is 3. The number of rotatable bonds is 4. The molecule has 0 aromatic heterocycles. The normalized spacial score (nSPS) is 9.77. The minimum absolute atomic E-state index is 0.465. The van der Waals surface area contributed by atoms with Gasteiger partial charge in [-0.2, -0.15) is 0 Å². The maximum absolute atomic E-state index is 5.16. The Morgan fingerprint density at radius 3 is 2.77 bits per heavy atom. The van der Waals surface area contributed by atoms with Crippen molar-refractivity contribution in [1.29, 1.82) is 0 Å². The second-order valence-corrected chi connectivity index (χ2v) is 3.37. The monoisotopic (exact) mass is 245 g/mol. The van der Waals surface area contributed by atoms with Crippen LogP contribution in [0.5, 0.6) is 5.75 Å². The molecule has 3 nitrogen and oxygen atoms in total. The fraction of sp³-hybridized carbons (Fsp3) is 0.333. The Labute approximate surface area is 86.2 Å². The summed E-state index contributed by atoms with van der Waals surface area (Å²) in [5.41, 5.74) is 0.915. The van der Waals surface area contributed by atoms with E-state index in [9.17, 15) is 0 Å². The van der Waals surface area contributed by atoms with Crippen LogP contribution in [-0.4, -0.2) is 21.0 Å². The molecule has 0 heterocycles. The second-order valence-electron chi connectivity index (χ2n) is 2.45. The van der Waals surface area contributed by atoms with Crippen LogP contribution < -0.4 is 10.1 Å².